The number of nitrogens with zero attached hydrogens (tertiary/aromatic N) is 1. The Kier molecular flexibility index (Phi) is 6.39. The Morgan fingerprint density at radius 3 is 2.61 bits per heavy atom. The minimum atomic E-state index is 0.0290. The lowest BCUT2D eigenvalue weighted by Gasteiger charge is -2.33. The molecule has 1 aromatic rings. The second-order valence-electron chi connectivity index (χ2n) is 4.36. The topological polar surface area (TPSA) is 38.5 Å². The van der Waals surface area contributed by atoms with Crippen molar-refractivity contribution in [1.82, 2.24) is 4.90 Å². The monoisotopic (exact) mass is 290 g/mol. The van der Waals surface area contributed by atoms with Crippen LogP contribution in [0.25, 0.3) is 0 Å². The molecule has 0 aliphatic carbocycles. The lowest BCUT2D eigenvalue weighted by molar-refractivity contribution is 0.0911. The van der Waals surface area contributed by atoms with E-state index < -0.39 is 0 Å². The van der Waals surface area contributed by atoms with Crippen molar-refractivity contribution in [1.29, 1.82) is 0 Å². The summed E-state index contributed by atoms with van der Waals surface area (Å²) in [6.45, 7) is 3.21. The van der Waals surface area contributed by atoms with E-state index in [-0.39, 0.29) is 12.1 Å². The van der Waals surface area contributed by atoms with Gasteiger partial charge < -0.3 is 10.5 Å². The Bertz CT molecular complexity index is 387. The minimum absolute atomic E-state index is 0.0290. The normalized spacial score (nSPS) is 14.8. The fourth-order valence-corrected chi connectivity index (χ4v) is 2.39. The van der Waals surface area contributed by atoms with Gasteiger partial charge >= 0.3 is 0 Å². The van der Waals surface area contributed by atoms with Crippen molar-refractivity contribution in [3.8, 4) is 0 Å². The van der Waals surface area contributed by atoms with E-state index in [0.29, 0.717) is 23.2 Å². The third-order valence-corrected chi connectivity index (χ3v) is 3.99. The van der Waals surface area contributed by atoms with Crippen LogP contribution in [0.15, 0.2) is 18.2 Å². The fraction of sp³-hybridized carbons (Fsp3) is 0.538. The number of rotatable bonds is 6. The lowest BCUT2D eigenvalue weighted by Crippen LogP contribution is -2.39. The molecule has 2 unspecified atom stereocenters. The molecule has 2 N–H and O–H groups in total. The largest absolute Gasteiger partial charge is 0.383 e. The van der Waals surface area contributed by atoms with E-state index in [1.54, 1.807) is 13.2 Å². The van der Waals surface area contributed by atoms with Crippen LogP contribution in [-0.2, 0) is 4.74 Å². The maximum Gasteiger partial charge on any atom is 0.0640 e. The molecule has 102 valence electrons. The number of ether oxygens (including phenoxy) is 1. The van der Waals surface area contributed by atoms with Crippen LogP contribution in [0.4, 0.5) is 0 Å². The van der Waals surface area contributed by atoms with Gasteiger partial charge in [-0.3, -0.25) is 4.90 Å². The summed E-state index contributed by atoms with van der Waals surface area (Å²) in [5.41, 5.74) is 6.83. The van der Waals surface area contributed by atoms with Crippen LogP contribution in [0.1, 0.15) is 18.5 Å². The van der Waals surface area contributed by atoms with Crippen LogP contribution in [0, 0.1) is 0 Å². The van der Waals surface area contributed by atoms with Crippen molar-refractivity contribution in [2.24, 2.45) is 5.73 Å². The Labute approximate surface area is 119 Å². The van der Waals surface area contributed by atoms with Gasteiger partial charge in [0.15, 0.2) is 0 Å². The number of halogens is 2. The smallest absolute Gasteiger partial charge is 0.0640 e. The summed E-state index contributed by atoms with van der Waals surface area (Å²) in [4.78, 5) is 2.15. The molecule has 0 aromatic heterocycles. The molecule has 0 heterocycles. The zero-order valence-corrected chi connectivity index (χ0v) is 12.5. The Hall–Kier alpha value is -0.320. The van der Waals surface area contributed by atoms with Gasteiger partial charge in [-0.1, -0.05) is 35.3 Å². The van der Waals surface area contributed by atoms with Gasteiger partial charge in [-0.2, -0.15) is 0 Å². The summed E-state index contributed by atoms with van der Waals surface area (Å²) in [6.07, 6.45) is 0. The quantitative estimate of drug-likeness (QED) is 0.875. The highest BCUT2D eigenvalue weighted by atomic mass is 35.5. The molecule has 0 amide bonds. The Morgan fingerprint density at radius 1 is 1.39 bits per heavy atom. The van der Waals surface area contributed by atoms with E-state index in [4.69, 9.17) is 33.7 Å². The van der Waals surface area contributed by atoms with Crippen LogP contribution in [-0.4, -0.2) is 38.3 Å². The Morgan fingerprint density at radius 2 is 2.06 bits per heavy atom. The van der Waals surface area contributed by atoms with Crippen LogP contribution in [0.5, 0.6) is 0 Å². The van der Waals surface area contributed by atoms with E-state index in [2.05, 4.69) is 11.8 Å². The molecule has 0 fully saturated rings. The van der Waals surface area contributed by atoms with E-state index >= 15 is 0 Å². The first-order valence-electron chi connectivity index (χ1n) is 5.87. The molecule has 0 spiro atoms. The maximum atomic E-state index is 6.25. The van der Waals surface area contributed by atoms with Crippen LogP contribution < -0.4 is 5.73 Å². The van der Waals surface area contributed by atoms with E-state index in [1.807, 2.05) is 19.2 Å². The molecule has 2 atom stereocenters. The highest BCUT2D eigenvalue weighted by Crippen LogP contribution is 2.32. The molecule has 0 radical (unpaired) electrons. The highest BCUT2D eigenvalue weighted by Gasteiger charge is 2.22. The summed E-state index contributed by atoms with van der Waals surface area (Å²) in [5, 5.41) is 1.13. The molecule has 0 saturated carbocycles. The number of methoxy groups -OCH3 is 1. The van der Waals surface area contributed by atoms with E-state index in [0.717, 1.165) is 5.56 Å². The third-order valence-electron chi connectivity index (χ3n) is 3.16. The van der Waals surface area contributed by atoms with E-state index in [9.17, 15) is 0 Å². The molecule has 0 aliphatic rings. The second-order valence-corrected chi connectivity index (χ2v) is 5.15. The first-order chi connectivity index (χ1) is 8.52. The van der Waals surface area contributed by atoms with Gasteiger partial charge in [0.25, 0.3) is 0 Å². The van der Waals surface area contributed by atoms with Gasteiger partial charge in [-0.15, -0.1) is 0 Å². The van der Waals surface area contributed by atoms with Crippen molar-refractivity contribution in [3.63, 3.8) is 0 Å². The zero-order valence-electron chi connectivity index (χ0n) is 11.0. The number of nitrogens with two attached hydrogens (primary N) is 1. The average Bonchev–Trinajstić information content (AvgIpc) is 2.35. The molecule has 0 saturated heterocycles. The average molecular weight is 291 g/mol. The maximum absolute atomic E-state index is 6.25. The predicted molar refractivity (Wildman–Crippen MR) is 77.4 cm³/mol. The molecular weight excluding hydrogens is 271 g/mol. The van der Waals surface area contributed by atoms with Gasteiger partial charge in [0.05, 0.1) is 16.7 Å². The zero-order chi connectivity index (χ0) is 13.7. The summed E-state index contributed by atoms with van der Waals surface area (Å²) >= 11 is 12.3. The fourth-order valence-electron chi connectivity index (χ4n) is 1.96. The van der Waals surface area contributed by atoms with Crippen molar-refractivity contribution >= 4 is 23.2 Å². The lowest BCUT2D eigenvalue weighted by atomic mass is 10.0. The van der Waals surface area contributed by atoms with Gasteiger partial charge in [-0.25, -0.2) is 0 Å². The standard InChI is InChI=1S/C13H20Cl2N2O/c1-9(8-18-3)17(2)12(7-16)10-5-4-6-11(14)13(10)15/h4-6,9,12H,7-8,16H2,1-3H3. The van der Waals surface area contributed by atoms with Crippen LogP contribution in [0.2, 0.25) is 10.0 Å². The third kappa shape index (κ3) is 3.59. The SMILES string of the molecule is COCC(C)N(C)C(CN)c1cccc(Cl)c1Cl. The van der Waals surface area contributed by atoms with E-state index in [1.165, 1.54) is 0 Å². The number of likely N-dealkylation sites (N-methyl/N-ethyl adjacent to an activating group) is 1. The second kappa shape index (κ2) is 7.31. The van der Waals surface area contributed by atoms with Crippen molar-refractivity contribution in [2.75, 3.05) is 27.3 Å². The summed E-state index contributed by atoms with van der Waals surface area (Å²) in [6, 6.07) is 5.91. The van der Waals surface area contributed by atoms with Gasteiger partial charge in [0.1, 0.15) is 0 Å². The molecule has 5 heteroatoms. The van der Waals surface area contributed by atoms with Crippen molar-refractivity contribution in [2.45, 2.75) is 19.0 Å². The first kappa shape index (κ1) is 15.7. The van der Waals surface area contributed by atoms with Crippen LogP contribution >= 0.6 is 23.2 Å². The molecule has 0 bridgehead atoms. The summed E-state index contributed by atoms with van der Waals surface area (Å²) < 4.78 is 5.17. The summed E-state index contributed by atoms with van der Waals surface area (Å²) in [7, 11) is 3.70. The molecule has 1 rings (SSSR count). The minimum Gasteiger partial charge on any atom is -0.383 e. The molecular formula is C13H20Cl2N2O. The first-order valence-corrected chi connectivity index (χ1v) is 6.63. The Balaban J connectivity index is 2.98. The highest BCUT2D eigenvalue weighted by molar-refractivity contribution is 6.42. The van der Waals surface area contributed by atoms with Crippen molar-refractivity contribution in [3.05, 3.63) is 33.8 Å². The van der Waals surface area contributed by atoms with Crippen molar-refractivity contribution < 1.29 is 4.74 Å². The number of hydrogen-bond donors (Lipinski definition) is 1. The molecule has 1 aromatic carbocycles. The molecule has 0 aliphatic heterocycles. The van der Waals surface area contributed by atoms with Gasteiger partial charge in [0, 0.05) is 25.7 Å². The van der Waals surface area contributed by atoms with Crippen LogP contribution in [0.3, 0.4) is 0 Å². The van der Waals surface area contributed by atoms with Gasteiger partial charge in [0.2, 0.25) is 0 Å². The summed E-state index contributed by atoms with van der Waals surface area (Å²) in [5.74, 6) is 0. The number of hydrogen-bond acceptors (Lipinski definition) is 3. The number of benzene rings is 1. The predicted octanol–water partition coefficient (Wildman–Crippen LogP) is 2.96. The molecule has 3 nitrogen and oxygen atoms in total. The van der Waals surface area contributed by atoms with Gasteiger partial charge in [-0.05, 0) is 25.6 Å². The molecule has 18 heavy (non-hydrogen) atoms.